The first-order valence-electron chi connectivity index (χ1n) is 29.6. The first-order valence-corrected chi connectivity index (χ1v) is 44.8. The van der Waals surface area contributed by atoms with Crippen molar-refractivity contribution < 1.29 is 49.4 Å². The molecule has 14 rings (SSSR count). The average molecular weight is 1180 g/mol. The van der Waals surface area contributed by atoms with Gasteiger partial charge in [-0.15, -0.1) is 0 Å². The predicted octanol–water partition coefficient (Wildman–Crippen LogP) is 15.1. The second-order valence-corrected chi connectivity index (χ2v) is 50.7. The van der Waals surface area contributed by atoms with Crippen molar-refractivity contribution in [1.29, 1.82) is 0 Å². The molecule has 0 atom stereocenters. The fraction of sp³-hybridized carbons (Fsp3) is 0.840. The molecule has 0 N–H and O–H groups in total. The normalized spacial score (nSPS) is 44.3. The van der Waals surface area contributed by atoms with E-state index >= 15 is 0 Å². The Labute approximate surface area is 442 Å². The molecule has 1 aromatic rings. The Morgan fingerprint density at radius 2 is 0.479 bits per heavy atom. The van der Waals surface area contributed by atoms with Gasteiger partial charge in [-0.3, -0.25) is 0 Å². The van der Waals surface area contributed by atoms with Crippen LogP contribution in [0.1, 0.15) is 230 Å². The summed E-state index contributed by atoms with van der Waals surface area (Å²) in [6.45, 7) is 0. The Balaban J connectivity index is 1.14. The van der Waals surface area contributed by atoms with E-state index in [4.69, 9.17) is 49.4 Å². The summed E-state index contributed by atoms with van der Waals surface area (Å²) in [6, 6.07) is 8.54. The third kappa shape index (κ3) is 9.57. The monoisotopic (exact) mass is 1180 g/mol. The summed E-state index contributed by atoms with van der Waals surface area (Å²) < 4.78 is 105. The van der Waals surface area contributed by atoms with Gasteiger partial charge < -0.3 is 49.4 Å². The molecule has 7 aliphatic carbocycles. The van der Waals surface area contributed by atoms with Crippen LogP contribution in [0.5, 0.6) is 0 Å². The van der Waals surface area contributed by atoms with Gasteiger partial charge in [0.15, 0.2) is 0 Å². The third-order valence-corrected chi connectivity index (χ3v) is 59.0. The van der Waals surface area contributed by atoms with Gasteiger partial charge in [-0.2, -0.15) is 0 Å². The fourth-order valence-electron chi connectivity index (χ4n) is 15.7. The first-order chi connectivity index (χ1) is 34.7. The summed E-state index contributed by atoms with van der Waals surface area (Å²) >= 11 is 3.72. The van der Waals surface area contributed by atoms with Gasteiger partial charge in [0, 0.05) is 43.3 Å². The zero-order valence-electron chi connectivity index (χ0n) is 42.5. The van der Waals surface area contributed by atoms with Crippen molar-refractivity contribution in [3.8, 4) is 0 Å². The Morgan fingerprint density at radius 3 is 0.690 bits per heavy atom. The second kappa shape index (κ2) is 20.7. The summed E-state index contributed by atoms with van der Waals surface area (Å²) in [6.07, 6.45) is 39.4. The minimum atomic E-state index is -4.26. The number of halogens is 1. The molecule has 1 aromatic carbocycles. The van der Waals surface area contributed by atoms with Crippen LogP contribution in [0.3, 0.4) is 0 Å². The van der Waals surface area contributed by atoms with E-state index in [1.807, 2.05) is 0 Å². The topological polar surface area (TPSA) is 111 Å². The maximum absolute atomic E-state index is 8.74. The summed E-state index contributed by atoms with van der Waals surface area (Å²) in [4.78, 5) is 0. The molecule has 7 saturated carbocycles. The van der Waals surface area contributed by atoms with E-state index in [-0.39, 0.29) is 38.8 Å². The van der Waals surface area contributed by atoms with E-state index in [1.54, 1.807) is 0 Å². The van der Waals surface area contributed by atoms with Gasteiger partial charge >= 0.3 is 70.4 Å². The van der Waals surface area contributed by atoms with Crippen molar-refractivity contribution >= 4 is 92.4 Å². The van der Waals surface area contributed by atoms with Crippen molar-refractivity contribution in [2.45, 2.75) is 264 Å². The van der Waals surface area contributed by atoms with Crippen molar-refractivity contribution in [2.75, 3.05) is 0 Å². The lowest BCUT2D eigenvalue weighted by Crippen LogP contribution is -2.91. The molecule has 12 nitrogen and oxygen atoms in total. The van der Waals surface area contributed by atoms with Crippen molar-refractivity contribution in [2.24, 2.45) is 0 Å². The van der Waals surface area contributed by atoms with Crippen LogP contribution in [-0.4, -0.2) is 70.4 Å². The lowest BCUT2D eigenvalue weighted by atomic mass is 10.0. The van der Waals surface area contributed by atoms with Crippen LogP contribution >= 0.6 is 15.9 Å². The average Bonchev–Trinajstić information content (AvgIpc) is 3.40. The van der Waals surface area contributed by atoms with Crippen molar-refractivity contribution in [3.05, 3.63) is 40.0 Å². The van der Waals surface area contributed by atoms with Crippen LogP contribution in [0.4, 0.5) is 0 Å². The highest BCUT2D eigenvalue weighted by atomic mass is 79.9. The molecule has 0 amide bonds. The number of rotatable bonds is 9. The van der Waals surface area contributed by atoms with Gasteiger partial charge in [-0.25, -0.2) is 0 Å². The van der Waals surface area contributed by atoms with Crippen LogP contribution in [-0.2, 0) is 49.4 Å². The maximum atomic E-state index is 8.74. The Hall–Kier alpha value is 0.695. The molecule has 21 heteroatoms. The molecular formula is C50H83BrO12Si8. The SMILES string of the molecule is Brc1ccc(/C=C/[Si]23O[Si]4(C5CCCCC5)O[Si]5(C6CCCCC6)O[Si](C6CCCCC6)(O2)O[Si]2(C6CCCCC6)O[Si](C6CCCCC6)(O3)O[Si](C3CCCCC3)(O4)O[Si](C3CCCCC3)(O5)O2)cc1. The minimum absolute atomic E-state index is 0.0115. The highest BCUT2D eigenvalue weighted by Gasteiger charge is 2.88. The zero-order chi connectivity index (χ0) is 47.7. The molecule has 71 heavy (non-hydrogen) atoms. The van der Waals surface area contributed by atoms with E-state index in [2.05, 4.69) is 52.0 Å². The maximum Gasteiger partial charge on any atom is 0.507 e. The summed E-state index contributed by atoms with van der Waals surface area (Å²) in [7, 11) is -32.7. The van der Waals surface area contributed by atoms with Crippen LogP contribution in [0.2, 0.25) is 38.8 Å². The van der Waals surface area contributed by atoms with E-state index in [1.165, 1.54) is 44.9 Å². The molecule has 0 unspecified atom stereocenters. The quantitative estimate of drug-likeness (QED) is 0.220. The summed E-state index contributed by atoms with van der Waals surface area (Å²) in [5.74, 6) is 0. The molecule has 0 aromatic heterocycles. The molecule has 6 aliphatic heterocycles. The summed E-state index contributed by atoms with van der Waals surface area (Å²) in [5.41, 5.74) is 3.31. The van der Waals surface area contributed by atoms with Gasteiger partial charge in [0.25, 0.3) is 0 Å². The van der Waals surface area contributed by atoms with Gasteiger partial charge in [-0.05, 0) is 113 Å². The molecule has 13 aliphatic rings. The Morgan fingerprint density at radius 1 is 0.282 bits per heavy atom. The number of hydrogen-bond acceptors (Lipinski definition) is 12. The summed E-state index contributed by atoms with van der Waals surface area (Å²) in [5, 5.41) is 0. The molecule has 13 fully saturated rings. The van der Waals surface area contributed by atoms with E-state index in [0.29, 0.717) is 0 Å². The largest absolute Gasteiger partial charge is 0.507 e. The standard InChI is InChI=1S/C50H83BrO12Si8/c51-43-38-36-42(37-39-43)40-41-64-52-65(44-22-8-1-9-23-44)55-68(47-28-14-4-15-29-47)57-66(53-64,45-24-10-2-11-25-45)59-70(49-32-18-6-19-33-49)60-67(54-64,46-26-12-3-13-27-46)58-69(56-65,48-30-16-5-17-31-48)62-71(61-68,63-70)50-34-20-7-21-35-50/h36-41,44-50H,1-35H2/b41-40+. The highest BCUT2D eigenvalue weighted by Crippen LogP contribution is 2.65. The van der Waals surface area contributed by atoms with Gasteiger partial charge in [0.05, 0.1) is 0 Å². The highest BCUT2D eigenvalue weighted by molar-refractivity contribution is 9.10. The van der Waals surface area contributed by atoms with E-state index < -0.39 is 70.4 Å². The Bertz CT molecular complexity index is 1850. The third-order valence-electron chi connectivity index (χ3n) is 19.5. The molecule has 0 spiro atoms. The number of hydrogen-bond donors (Lipinski definition) is 0. The van der Waals surface area contributed by atoms with Gasteiger partial charge in [0.1, 0.15) is 0 Å². The predicted molar refractivity (Wildman–Crippen MR) is 290 cm³/mol. The second-order valence-electron chi connectivity index (χ2n) is 24.3. The van der Waals surface area contributed by atoms with E-state index in [0.717, 1.165) is 190 Å². The zero-order valence-corrected chi connectivity index (χ0v) is 52.1. The minimum Gasteiger partial charge on any atom is -0.373 e. The lowest BCUT2D eigenvalue weighted by Gasteiger charge is -2.67. The van der Waals surface area contributed by atoms with Crippen molar-refractivity contribution in [3.63, 3.8) is 0 Å². The number of benzene rings is 1. The van der Waals surface area contributed by atoms with Gasteiger partial charge in [-0.1, -0.05) is 169 Å². The first kappa shape index (κ1) is 51.2. The smallest absolute Gasteiger partial charge is 0.373 e. The molecular weight excluding hydrogens is 1100 g/mol. The molecule has 0 radical (unpaired) electrons. The molecule has 394 valence electrons. The van der Waals surface area contributed by atoms with E-state index in [9.17, 15) is 0 Å². The van der Waals surface area contributed by atoms with Crippen LogP contribution in [0, 0.1) is 0 Å². The van der Waals surface area contributed by atoms with Crippen LogP contribution in [0.15, 0.2) is 34.4 Å². The van der Waals surface area contributed by atoms with Gasteiger partial charge in [0.2, 0.25) is 0 Å². The van der Waals surface area contributed by atoms with Crippen molar-refractivity contribution in [1.82, 2.24) is 0 Å². The fourth-order valence-corrected chi connectivity index (χ4v) is 71.0. The molecule has 6 heterocycles. The van der Waals surface area contributed by atoms with Crippen LogP contribution < -0.4 is 0 Å². The molecule has 6 saturated heterocycles. The Kier molecular flexibility index (Phi) is 14.9. The van der Waals surface area contributed by atoms with Crippen LogP contribution in [0.25, 0.3) is 6.08 Å². The lowest BCUT2D eigenvalue weighted by molar-refractivity contribution is -0.0488. The molecule has 8 bridgehead atoms.